The molecular weight excluding hydrogens is 264 g/mol. The van der Waals surface area contributed by atoms with Gasteiger partial charge in [-0.1, -0.05) is 0 Å². The second kappa shape index (κ2) is 5.63. The summed E-state index contributed by atoms with van der Waals surface area (Å²) in [5.74, 6) is 0.732. The lowest BCUT2D eigenvalue weighted by molar-refractivity contribution is 0.0986. The molecule has 1 N–H and O–H groups in total. The number of nitriles is 1. The zero-order chi connectivity index (χ0) is 15.0. The third-order valence-electron chi connectivity index (χ3n) is 4.61. The summed E-state index contributed by atoms with van der Waals surface area (Å²) in [6.45, 7) is 7.35. The van der Waals surface area contributed by atoms with Crippen LogP contribution in [0.15, 0.2) is 6.07 Å². The maximum absolute atomic E-state index is 10.4. The van der Waals surface area contributed by atoms with E-state index in [1.165, 1.54) is 12.8 Å². The van der Waals surface area contributed by atoms with Gasteiger partial charge in [0, 0.05) is 18.8 Å². The third kappa shape index (κ3) is 2.61. The first-order valence-corrected chi connectivity index (χ1v) is 7.65. The summed E-state index contributed by atoms with van der Waals surface area (Å²) in [5.41, 5.74) is 2.51. The van der Waals surface area contributed by atoms with E-state index in [9.17, 15) is 10.4 Å². The molecule has 0 aromatic carbocycles. The first kappa shape index (κ1) is 14.3. The molecule has 1 aromatic heterocycles. The lowest BCUT2D eigenvalue weighted by Gasteiger charge is -2.25. The van der Waals surface area contributed by atoms with Crippen molar-refractivity contribution in [1.29, 1.82) is 5.26 Å². The number of aryl methyl sites for hydroxylation is 2. The Bertz CT molecular complexity index is 574. The van der Waals surface area contributed by atoms with Gasteiger partial charge in [-0.25, -0.2) is 4.98 Å². The van der Waals surface area contributed by atoms with E-state index in [1.807, 2.05) is 19.9 Å². The van der Waals surface area contributed by atoms with Crippen molar-refractivity contribution in [1.82, 2.24) is 9.88 Å². The van der Waals surface area contributed by atoms with Crippen molar-refractivity contribution in [3.8, 4) is 6.07 Å². The number of hydrogen-bond acceptors (Lipinski definition) is 5. The summed E-state index contributed by atoms with van der Waals surface area (Å²) in [6, 6.07) is 4.37. The van der Waals surface area contributed by atoms with Gasteiger partial charge in [0.15, 0.2) is 0 Å². The number of β-amino-alcohol motifs (C(OH)–C–C–N with tert-alkyl or cyclic N) is 1. The van der Waals surface area contributed by atoms with Gasteiger partial charge in [-0.3, -0.25) is 4.90 Å². The Hall–Kier alpha value is -1.64. The molecule has 5 nitrogen and oxygen atoms in total. The SMILES string of the molecule is Cc1cc(C)c(C#N)c(N2C[C@H](O)[C@@H](N3CCCC3)C2)n1. The molecule has 0 saturated carbocycles. The highest BCUT2D eigenvalue weighted by atomic mass is 16.3. The fourth-order valence-electron chi connectivity index (χ4n) is 3.56. The van der Waals surface area contributed by atoms with Gasteiger partial charge in [0.1, 0.15) is 11.9 Å². The summed E-state index contributed by atoms with van der Waals surface area (Å²) in [5, 5.41) is 19.8. The average Bonchev–Trinajstić information content (AvgIpc) is 3.06. The molecule has 3 rings (SSSR count). The summed E-state index contributed by atoms with van der Waals surface area (Å²) < 4.78 is 0. The number of anilines is 1. The maximum atomic E-state index is 10.4. The summed E-state index contributed by atoms with van der Waals surface area (Å²) in [6.07, 6.45) is 2.07. The molecular formula is C16H22N4O. The Morgan fingerprint density at radius 3 is 2.67 bits per heavy atom. The van der Waals surface area contributed by atoms with Crippen molar-refractivity contribution in [3.63, 3.8) is 0 Å². The summed E-state index contributed by atoms with van der Waals surface area (Å²) in [7, 11) is 0. The van der Waals surface area contributed by atoms with E-state index in [0.29, 0.717) is 12.1 Å². The van der Waals surface area contributed by atoms with Crippen LogP contribution in [0.5, 0.6) is 0 Å². The van der Waals surface area contributed by atoms with E-state index < -0.39 is 0 Å². The van der Waals surface area contributed by atoms with Crippen molar-refractivity contribution < 1.29 is 5.11 Å². The van der Waals surface area contributed by atoms with Crippen LogP contribution in [-0.2, 0) is 0 Å². The van der Waals surface area contributed by atoms with Gasteiger partial charge >= 0.3 is 0 Å². The van der Waals surface area contributed by atoms with Gasteiger partial charge in [0.05, 0.1) is 17.7 Å². The van der Waals surface area contributed by atoms with Crippen LogP contribution in [0.1, 0.15) is 29.7 Å². The second-order valence-electron chi connectivity index (χ2n) is 6.17. The molecule has 5 heteroatoms. The minimum atomic E-state index is -0.364. The molecule has 21 heavy (non-hydrogen) atoms. The Morgan fingerprint density at radius 1 is 1.29 bits per heavy atom. The average molecular weight is 286 g/mol. The quantitative estimate of drug-likeness (QED) is 0.885. The molecule has 0 aliphatic carbocycles. The largest absolute Gasteiger partial charge is 0.390 e. The van der Waals surface area contributed by atoms with Gasteiger partial charge in [-0.2, -0.15) is 5.26 Å². The Balaban J connectivity index is 1.87. The molecule has 0 spiro atoms. The first-order chi connectivity index (χ1) is 10.1. The summed E-state index contributed by atoms with van der Waals surface area (Å²) in [4.78, 5) is 9.01. The van der Waals surface area contributed by atoms with Crippen LogP contribution < -0.4 is 4.90 Å². The minimum Gasteiger partial charge on any atom is -0.390 e. The van der Waals surface area contributed by atoms with Gasteiger partial charge in [0.2, 0.25) is 0 Å². The molecule has 2 fully saturated rings. The van der Waals surface area contributed by atoms with Crippen molar-refractivity contribution in [2.24, 2.45) is 0 Å². The van der Waals surface area contributed by atoms with E-state index in [-0.39, 0.29) is 12.1 Å². The molecule has 0 bridgehead atoms. The van der Waals surface area contributed by atoms with Crippen molar-refractivity contribution in [3.05, 3.63) is 22.9 Å². The number of rotatable bonds is 2. The van der Waals surface area contributed by atoms with E-state index in [0.717, 1.165) is 36.7 Å². The molecule has 1 aromatic rings. The van der Waals surface area contributed by atoms with E-state index in [4.69, 9.17) is 0 Å². The van der Waals surface area contributed by atoms with Gasteiger partial charge in [0.25, 0.3) is 0 Å². The predicted octanol–water partition coefficient (Wildman–Crippen LogP) is 1.22. The molecule has 0 unspecified atom stereocenters. The fourth-order valence-corrected chi connectivity index (χ4v) is 3.56. The Kier molecular flexibility index (Phi) is 3.83. The van der Waals surface area contributed by atoms with E-state index in [1.54, 1.807) is 0 Å². The standard InChI is InChI=1S/C16H22N4O/c1-11-7-12(2)18-16(13(11)8-17)20-9-14(15(21)10-20)19-5-3-4-6-19/h7,14-15,21H,3-6,9-10H2,1-2H3/t14-,15-/m0/s1. The van der Waals surface area contributed by atoms with Crippen LogP contribution in [0, 0.1) is 25.2 Å². The molecule has 2 atom stereocenters. The van der Waals surface area contributed by atoms with Crippen molar-refractivity contribution in [2.45, 2.75) is 38.8 Å². The third-order valence-corrected chi connectivity index (χ3v) is 4.61. The summed E-state index contributed by atoms with van der Waals surface area (Å²) >= 11 is 0. The Labute approximate surface area is 125 Å². The lowest BCUT2D eigenvalue weighted by atomic mass is 10.1. The number of hydrogen-bond donors (Lipinski definition) is 1. The van der Waals surface area contributed by atoms with E-state index in [2.05, 4.69) is 20.9 Å². The number of aromatic nitrogens is 1. The number of nitrogens with zero attached hydrogens (tertiary/aromatic N) is 4. The maximum Gasteiger partial charge on any atom is 0.147 e. The highest BCUT2D eigenvalue weighted by molar-refractivity contribution is 5.59. The molecule has 2 saturated heterocycles. The van der Waals surface area contributed by atoms with Crippen LogP contribution in [0.2, 0.25) is 0 Å². The first-order valence-electron chi connectivity index (χ1n) is 7.65. The number of aliphatic hydroxyl groups is 1. The van der Waals surface area contributed by atoms with Gasteiger partial charge < -0.3 is 10.0 Å². The molecule has 2 aliphatic rings. The predicted molar refractivity (Wildman–Crippen MR) is 81.2 cm³/mol. The zero-order valence-electron chi connectivity index (χ0n) is 12.7. The van der Waals surface area contributed by atoms with Crippen LogP contribution in [0.4, 0.5) is 5.82 Å². The van der Waals surface area contributed by atoms with Gasteiger partial charge in [-0.05, 0) is 51.4 Å². The topological polar surface area (TPSA) is 63.4 Å². The van der Waals surface area contributed by atoms with Crippen molar-refractivity contribution >= 4 is 5.82 Å². The highest BCUT2D eigenvalue weighted by Crippen LogP contribution is 2.28. The molecule has 2 aliphatic heterocycles. The number of aliphatic hydroxyl groups excluding tert-OH is 1. The smallest absolute Gasteiger partial charge is 0.147 e. The number of likely N-dealkylation sites (tertiary alicyclic amines) is 1. The lowest BCUT2D eigenvalue weighted by Crippen LogP contribution is -2.41. The normalized spacial score (nSPS) is 26.3. The fraction of sp³-hybridized carbons (Fsp3) is 0.625. The zero-order valence-corrected chi connectivity index (χ0v) is 12.7. The van der Waals surface area contributed by atoms with Crippen LogP contribution in [-0.4, -0.2) is 53.3 Å². The highest BCUT2D eigenvalue weighted by Gasteiger charge is 2.37. The molecule has 0 amide bonds. The number of pyridine rings is 1. The monoisotopic (exact) mass is 286 g/mol. The minimum absolute atomic E-state index is 0.168. The van der Waals surface area contributed by atoms with Crippen LogP contribution >= 0.6 is 0 Å². The Morgan fingerprint density at radius 2 is 2.00 bits per heavy atom. The van der Waals surface area contributed by atoms with Crippen LogP contribution in [0.25, 0.3) is 0 Å². The molecule has 0 radical (unpaired) electrons. The van der Waals surface area contributed by atoms with E-state index >= 15 is 0 Å². The molecule has 112 valence electrons. The van der Waals surface area contributed by atoms with Crippen LogP contribution in [0.3, 0.4) is 0 Å². The van der Waals surface area contributed by atoms with Gasteiger partial charge in [-0.15, -0.1) is 0 Å². The second-order valence-corrected chi connectivity index (χ2v) is 6.17. The molecule has 3 heterocycles. The van der Waals surface area contributed by atoms with Crippen molar-refractivity contribution in [2.75, 3.05) is 31.1 Å².